The summed E-state index contributed by atoms with van der Waals surface area (Å²) in [6.45, 7) is 6.41. The van der Waals surface area contributed by atoms with Crippen molar-refractivity contribution >= 4 is 5.91 Å². The molecule has 0 aliphatic heterocycles. The van der Waals surface area contributed by atoms with Gasteiger partial charge in [-0.25, -0.2) is 0 Å². The number of hydrogen-bond acceptors (Lipinski definition) is 3. The minimum atomic E-state index is -0.536. The van der Waals surface area contributed by atoms with Crippen LogP contribution in [0.4, 0.5) is 0 Å². The number of carbonyl (C=O) groups is 1. The lowest BCUT2D eigenvalue weighted by atomic mass is 10.0. The highest BCUT2D eigenvalue weighted by Gasteiger charge is 2.24. The Morgan fingerprint density at radius 3 is 2.50 bits per heavy atom. The van der Waals surface area contributed by atoms with Crippen molar-refractivity contribution in [2.45, 2.75) is 46.1 Å². The van der Waals surface area contributed by atoms with Crippen molar-refractivity contribution in [3.05, 3.63) is 0 Å². The third kappa shape index (κ3) is 4.63. The minimum Gasteiger partial charge on any atom is -0.396 e. The van der Waals surface area contributed by atoms with Gasteiger partial charge in [0.05, 0.1) is 6.07 Å². The Morgan fingerprint density at radius 1 is 1.50 bits per heavy atom. The van der Waals surface area contributed by atoms with E-state index in [0.717, 1.165) is 6.42 Å². The number of hydrogen-bond donors (Lipinski definition) is 1. The van der Waals surface area contributed by atoms with E-state index < -0.39 is 5.92 Å². The first-order valence-electron chi connectivity index (χ1n) is 5.89. The molecule has 1 N–H and O–H groups in total. The Morgan fingerprint density at radius 2 is 2.12 bits per heavy atom. The molecule has 0 spiro atoms. The average molecular weight is 226 g/mol. The Bertz CT molecular complexity index is 246. The van der Waals surface area contributed by atoms with Crippen molar-refractivity contribution in [3.8, 4) is 6.07 Å². The molecule has 4 nitrogen and oxygen atoms in total. The lowest BCUT2D eigenvalue weighted by molar-refractivity contribution is -0.135. The molecule has 4 heteroatoms. The maximum absolute atomic E-state index is 12.0. The Balaban J connectivity index is 4.52. The second-order valence-corrected chi connectivity index (χ2v) is 4.17. The zero-order valence-electron chi connectivity index (χ0n) is 10.4. The maximum atomic E-state index is 12.0. The van der Waals surface area contributed by atoms with Gasteiger partial charge in [0, 0.05) is 19.2 Å². The van der Waals surface area contributed by atoms with E-state index in [4.69, 9.17) is 10.4 Å². The molecule has 0 bridgehead atoms. The van der Waals surface area contributed by atoms with Crippen molar-refractivity contribution in [1.29, 1.82) is 5.26 Å². The summed E-state index contributed by atoms with van der Waals surface area (Å²) in [6, 6.07) is 2.14. The molecule has 0 saturated carbocycles. The predicted octanol–water partition coefficient (Wildman–Crippen LogP) is 1.55. The number of amides is 1. The summed E-state index contributed by atoms with van der Waals surface area (Å²) in [7, 11) is 0. The van der Waals surface area contributed by atoms with Crippen LogP contribution in [0.25, 0.3) is 0 Å². The molecule has 1 amide bonds. The SMILES string of the molecule is CCCC(C#N)C(=O)N(CCCO)C(C)C. The largest absolute Gasteiger partial charge is 0.396 e. The van der Waals surface area contributed by atoms with Crippen LogP contribution in [0.15, 0.2) is 0 Å². The number of rotatable bonds is 7. The second-order valence-electron chi connectivity index (χ2n) is 4.17. The van der Waals surface area contributed by atoms with Crippen molar-refractivity contribution in [2.24, 2.45) is 5.92 Å². The van der Waals surface area contributed by atoms with Crippen LogP contribution in [-0.4, -0.2) is 35.1 Å². The van der Waals surface area contributed by atoms with Gasteiger partial charge in [0.25, 0.3) is 0 Å². The molecular weight excluding hydrogens is 204 g/mol. The van der Waals surface area contributed by atoms with Gasteiger partial charge in [-0.15, -0.1) is 0 Å². The monoisotopic (exact) mass is 226 g/mol. The molecule has 16 heavy (non-hydrogen) atoms. The highest BCUT2D eigenvalue weighted by atomic mass is 16.3. The standard InChI is InChI=1S/C12H22N2O2/c1-4-6-11(9-13)12(16)14(10(2)3)7-5-8-15/h10-11,15H,4-8H2,1-3H3. The summed E-state index contributed by atoms with van der Waals surface area (Å²) in [5.74, 6) is -0.640. The molecule has 0 rings (SSSR count). The van der Waals surface area contributed by atoms with Crippen LogP contribution in [0.1, 0.15) is 40.0 Å². The van der Waals surface area contributed by atoms with E-state index in [0.29, 0.717) is 19.4 Å². The van der Waals surface area contributed by atoms with E-state index in [2.05, 4.69) is 6.07 Å². The van der Waals surface area contributed by atoms with Crippen molar-refractivity contribution in [1.82, 2.24) is 4.90 Å². The fourth-order valence-corrected chi connectivity index (χ4v) is 1.60. The van der Waals surface area contributed by atoms with E-state index >= 15 is 0 Å². The highest BCUT2D eigenvalue weighted by Crippen LogP contribution is 2.12. The van der Waals surface area contributed by atoms with Gasteiger partial charge in [-0.1, -0.05) is 13.3 Å². The van der Waals surface area contributed by atoms with Crippen LogP contribution < -0.4 is 0 Å². The lowest BCUT2D eigenvalue weighted by Crippen LogP contribution is -2.41. The third-order valence-electron chi connectivity index (χ3n) is 2.49. The lowest BCUT2D eigenvalue weighted by Gasteiger charge is -2.28. The molecule has 0 fully saturated rings. The molecule has 1 atom stereocenters. The van der Waals surface area contributed by atoms with E-state index in [1.165, 1.54) is 0 Å². The molecule has 1 unspecified atom stereocenters. The van der Waals surface area contributed by atoms with Crippen LogP contribution in [0.5, 0.6) is 0 Å². The number of carbonyl (C=O) groups excluding carboxylic acids is 1. The summed E-state index contributed by atoms with van der Waals surface area (Å²) in [5.41, 5.74) is 0. The molecule has 0 saturated heterocycles. The predicted molar refractivity (Wildman–Crippen MR) is 62.6 cm³/mol. The quantitative estimate of drug-likeness (QED) is 0.716. The van der Waals surface area contributed by atoms with Crippen molar-refractivity contribution in [2.75, 3.05) is 13.2 Å². The van der Waals surface area contributed by atoms with Gasteiger partial charge in [-0.05, 0) is 26.7 Å². The van der Waals surface area contributed by atoms with Gasteiger partial charge in [-0.3, -0.25) is 4.79 Å². The van der Waals surface area contributed by atoms with Crippen LogP contribution >= 0.6 is 0 Å². The molecule has 0 heterocycles. The van der Waals surface area contributed by atoms with E-state index in [1.54, 1.807) is 4.90 Å². The first-order chi connectivity index (χ1) is 7.58. The zero-order chi connectivity index (χ0) is 12.6. The molecule has 92 valence electrons. The normalized spacial score (nSPS) is 12.2. The summed E-state index contributed by atoms with van der Waals surface area (Å²) >= 11 is 0. The van der Waals surface area contributed by atoms with E-state index in [9.17, 15) is 4.79 Å². The summed E-state index contributed by atoms with van der Waals surface area (Å²) in [5, 5.41) is 17.7. The van der Waals surface area contributed by atoms with Gasteiger partial charge >= 0.3 is 0 Å². The number of nitriles is 1. The Labute approximate surface area is 97.9 Å². The fourth-order valence-electron chi connectivity index (χ4n) is 1.60. The van der Waals surface area contributed by atoms with Crippen molar-refractivity contribution < 1.29 is 9.90 Å². The van der Waals surface area contributed by atoms with Crippen LogP contribution in [0, 0.1) is 17.2 Å². The van der Waals surface area contributed by atoms with E-state index in [1.807, 2.05) is 20.8 Å². The summed E-state index contributed by atoms with van der Waals surface area (Å²) in [6.07, 6.45) is 2.00. The van der Waals surface area contributed by atoms with Crippen LogP contribution in [0.3, 0.4) is 0 Å². The number of nitrogens with zero attached hydrogens (tertiary/aromatic N) is 2. The molecule has 0 aliphatic rings. The van der Waals surface area contributed by atoms with Crippen LogP contribution in [-0.2, 0) is 4.79 Å². The van der Waals surface area contributed by atoms with Gasteiger partial charge in [0.2, 0.25) is 5.91 Å². The molecule has 0 radical (unpaired) electrons. The topological polar surface area (TPSA) is 64.3 Å². The fraction of sp³-hybridized carbons (Fsp3) is 0.833. The molecule has 0 aromatic rings. The van der Waals surface area contributed by atoms with Crippen molar-refractivity contribution in [3.63, 3.8) is 0 Å². The maximum Gasteiger partial charge on any atom is 0.240 e. The summed E-state index contributed by atoms with van der Waals surface area (Å²) in [4.78, 5) is 13.7. The van der Waals surface area contributed by atoms with Gasteiger partial charge < -0.3 is 10.0 Å². The van der Waals surface area contributed by atoms with E-state index in [-0.39, 0.29) is 18.6 Å². The third-order valence-corrected chi connectivity index (χ3v) is 2.49. The molecule has 0 aromatic carbocycles. The first kappa shape index (κ1) is 14.9. The van der Waals surface area contributed by atoms with Gasteiger partial charge in [0.1, 0.15) is 5.92 Å². The second kappa shape index (κ2) is 8.12. The Kier molecular flexibility index (Phi) is 7.57. The highest BCUT2D eigenvalue weighted by molar-refractivity contribution is 5.81. The molecule has 0 aromatic heterocycles. The smallest absolute Gasteiger partial charge is 0.240 e. The molecular formula is C12H22N2O2. The zero-order valence-corrected chi connectivity index (χ0v) is 10.4. The first-order valence-corrected chi connectivity index (χ1v) is 5.89. The van der Waals surface area contributed by atoms with Gasteiger partial charge in [0.15, 0.2) is 0 Å². The Hall–Kier alpha value is -1.08. The summed E-state index contributed by atoms with van der Waals surface area (Å²) < 4.78 is 0. The number of aliphatic hydroxyl groups is 1. The average Bonchev–Trinajstić information content (AvgIpc) is 2.25. The van der Waals surface area contributed by atoms with Crippen LogP contribution in [0.2, 0.25) is 0 Å². The minimum absolute atomic E-state index is 0.0709. The molecule has 0 aliphatic carbocycles. The van der Waals surface area contributed by atoms with Gasteiger partial charge in [-0.2, -0.15) is 5.26 Å². The number of aliphatic hydroxyl groups excluding tert-OH is 1.